The summed E-state index contributed by atoms with van der Waals surface area (Å²) in [6.07, 6.45) is 2.54. The van der Waals surface area contributed by atoms with Gasteiger partial charge in [0.05, 0.1) is 18.8 Å². The topological polar surface area (TPSA) is 70.7 Å². The van der Waals surface area contributed by atoms with E-state index in [0.29, 0.717) is 32.2 Å². The third-order valence-electron chi connectivity index (χ3n) is 4.09. The largest absolute Gasteiger partial charge is 0.375 e. The molecule has 3 atom stereocenters. The van der Waals surface area contributed by atoms with Crippen LogP contribution in [0.5, 0.6) is 0 Å². The number of halogens is 1. The van der Waals surface area contributed by atoms with Crippen molar-refractivity contribution in [3.63, 3.8) is 0 Å². The summed E-state index contributed by atoms with van der Waals surface area (Å²) in [6, 6.07) is 0.0832. The molecule has 7 heteroatoms. The van der Waals surface area contributed by atoms with Crippen LogP contribution >= 0.6 is 12.4 Å². The molecule has 2 N–H and O–H groups in total. The molecule has 1 aliphatic carbocycles. The molecule has 1 unspecified atom stereocenters. The van der Waals surface area contributed by atoms with Crippen LogP contribution in [0.25, 0.3) is 0 Å². The van der Waals surface area contributed by atoms with Gasteiger partial charge in [-0.05, 0) is 19.8 Å². The number of nitrogens with zero attached hydrogens (tertiary/aromatic N) is 1. The number of amides is 2. The molecule has 0 aromatic heterocycles. The van der Waals surface area contributed by atoms with Crippen molar-refractivity contribution in [2.45, 2.75) is 50.4 Å². The molecule has 3 aliphatic rings. The smallest absolute Gasteiger partial charge is 0.240 e. The van der Waals surface area contributed by atoms with Crippen LogP contribution in [-0.4, -0.2) is 60.6 Å². The molecule has 1 saturated carbocycles. The summed E-state index contributed by atoms with van der Waals surface area (Å²) < 4.78 is 5.47. The van der Waals surface area contributed by atoms with E-state index in [1.165, 1.54) is 0 Å². The van der Waals surface area contributed by atoms with E-state index >= 15 is 0 Å². The van der Waals surface area contributed by atoms with Crippen molar-refractivity contribution in [1.29, 1.82) is 0 Å². The number of carbonyl (C=O) groups is 2. The Kier molecular flexibility index (Phi) is 4.88. The van der Waals surface area contributed by atoms with Crippen molar-refractivity contribution >= 4 is 24.2 Å². The van der Waals surface area contributed by atoms with Gasteiger partial charge in [0.15, 0.2) is 0 Å². The molecule has 2 amide bonds. The van der Waals surface area contributed by atoms with Gasteiger partial charge < -0.3 is 20.3 Å². The minimum atomic E-state index is -0.307. The third-order valence-corrected chi connectivity index (χ3v) is 4.09. The first-order valence-corrected chi connectivity index (χ1v) is 7.10. The van der Waals surface area contributed by atoms with Gasteiger partial charge in [0.2, 0.25) is 11.8 Å². The number of carbonyl (C=O) groups excluding carboxylic acids is 2. The Labute approximate surface area is 125 Å². The van der Waals surface area contributed by atoms with Crippen LogP contribution in [0.3, 0.4) is 0 Å². The first-order valence-electron chi connectivity index (χ1n) is 7.10. The molecule has 3 rings (SSSR count). The van der Waals surface area contributed by atoms with E-state index < -0.39 is 0 Å². The van der Waals surface area contributed by atoms with E-state index in [-0.39, 0.29) is 42.4 Å². The Hall–Kier alpha value is -0.850. The highest BCUT2D eigenvalue weighted by atomic mass is 35.5. The van der Waals surface area contributed by atoms with Crippen molar-refractivity contribution in [3.05, 3.63) is 0 Å². The molecule has 6 nitrogen and oxygen atoms in total. The van der Waals surface area contributed by atoms with Crippen molar-refractivity contribution in [1.82, 2.24) is 15.5 Å². The maximum Gasteiger partial charge on any atom is 0.240 e. The highest BCUT2D eigenvalue weighted by molar-refractivity contribution is 5.86. The Morgan fingerprint density at radius 2 is 2.20 bits per heavy atom. The number of morpholine rings is 1. The molecule has 0 radical (unpaired) electrons. The Bertz CT molecular complexity index is 389. The maximum atomic E-state index is 12.2. The Morgan fingerprint density at radius 3 is 2.85 bits per heavy atom. The fourth-order valence-corrected chi connectivity index (χ4v) is 2.89. The quantitative estimate of drug-likeness (QED) is 0.749. The number of hydrogen-bond acceptors (Lipinski definition) is 4. The summed E-state index contributed by atoms with van der Waals surface area (Å²) in [5.41, 5.74) is 0. The zero-order valence-corrected chi connectivity index (χ0v) is 12.4. The van der Waals surface area contributed by atoms with E-state index in [9.17, 15) is 9.59 Å². The van der Waals surface area contributed by atoms with E-state index in [0.717, 1.165) is 12.8 Å². The fraction of sp³-hybridized carbons (Fsp3) is 0.846. The van der Waals surface area contributed by atoms with Gasteiger partial charge in [-0.3, -0.25) is 9.59 Å². The van der Waals surface area contributed by atoms with E-state index in [1.54, 1.807) is 0 Å². The standard InChI is InChI=1S/C13H21N3O3.ClH/c1-8-12(14-4-5-19-8)13(18)15-9-6-11(17)16(7-9)10-2-3-10;/h8-10,12,14H,2-7H2,1H3,(H,15,18);1H/t8-,9?,12+;/m1./s1. The molecular weight excluding hydrogens is 282 g/mol. The minimum Gasteiger partial charge on any atom is -0.375 e. The predicted octanol–water partition coefficient (Wildman–Crippen LogP) is -0.335. The maximum absolute atomic E-state index is 12.2. The van der Waals surface area contributed by atoms with Crippen molar-refractivity contribution in [2.24, 2.45) is 0 Å². The molecule has 114 valence electrons. The number of rotatable bonds is 3. The summed E-state index contributed by atoms with van der Waals surface area (Å²) in [5.74, 6) is 0.122. The normalized spacial score (nSPS) is 33.8. The van der Waals surface area contributed by atoms with Gasteiger partial charge in [0, 0.05) is 25.6 Å². The van der Waals surface area contributed by atoms with Gasteiger partial charge in [-0.1, -0.05) is 0 Å². The van der Waals surface area contributed by atoms with Gasteiger partial charge in [0.1, 0.15) is 6.04 Å². The number of ether oxygens (including phenoxy) is 1. The number of hydrogen-bond donors (Lipinski definition) is 2. The van der Waals surface area contributed by atoms with Crippen molar-refractivity contribution in [3.8, 4) is 0 Å². The molecule has 3 fully saturated rings. The van der Waals surface area contributed by atoms with Gasteiger partial charge in [-0.2, -0.15) is 0 Å². The molecule has 20 heavy (non-hydrogen) atoms. The highest BCUT2D eigenvalue weighted by Gasteiger charge is 2.40. The molecule has 0 aromatic carbocycles. The van der Waals surface area contributed by atoms with Gasteiger partial charge >= 0.3 is 0 Å². The average Bonchev–Trinajstić information content (AvgIpc) is 3.15. The van der Waals surface area contributed by atoms with Gasteiger partial charge in [0.25, 0.3) is 0 Å². The summed E-state index contributed by atoms with van der Waals surface area (Å²) in [5, 5.41) is 6.14. The summed E-state index contributed by atoms with van der Waals surface area (Å²) in [6.45, 7) is 3.90. The van der Waals surface area contributed by atoms with Crippen molar-refractivity contribution in [2.75, 3.05) is 19.7 Å². The van der Waals surface area contributed by atoms with Gasteiger partial charge in [-0.25, -0.2) is 0 Å². The SMILES string of the molecule is C[C@H]1OCCN[C@@H]1C(=O)NC1CC(=O)N(C2CC2)C1.Cl. The Morgan fingerprint density at radius 1 is 1.45 bits per heavy atom. The third kappa shape index (κ3) is 3.24. The van der Waals surface area contributed by atoms with Crippen LogP contribution in [0.1, 0.15) is 26.2 Å². The van der Waals surface area contributed by atoms with Crippen LogP contribution in [-0.2, 0) is 14.3 Å². The zero-order valence-electron chi connectivity index (χ0n) is 11.6. The molecule has 0 spiro atoms. The molecule has 0 aromatic rings. The summed E-state index contributed by atoms with van der Waals surface area (Å²) >= 11 is 0. The second-order valence-corrected chi connectivity index (χ2v) is 5.69. The van der Waals surface area contributed by atoms with Crippen LogP contribution in [0.15, 0.2) is 0 Å². The lowest BCUT2D eigenvalue weighted by molar-refractivity contribution is -0.129. The highest BCUT2D eigenvalue weighted by Crippen LogP contribution is 2.30. The minimum absolute atomic E-state index is 0. The molecule has 2 heterocycles. The zero-order chi connectivity index (χ0) is 13.4. The number of likely N-dealkylation sites (tertiary alicyclic amines) is 1. The van der Waals surface area contributed by atoms with E-state index in [4.69, 9.17) is 4.74 Å². The number of nitrogens with one attached hydrogen (secondary N) is 2. The molecule has 0 bridgehead atoms. The molecular formula is C13H22ClN3O3. The van der Waals surface area contributed by atoms with Crippen LogP contribution in [0.4, 0.5) is 0 Å². The molecule has 2 aliphatic heterocycles. The molecule has 2 saturated heterocycles. The van der Waals surface area contributed by atoms with Crippen LogP contribution in [0, 0.1) is 0 Å². The lowest BCUT2D eigenvalue weighted by Gasteiger charge is -2.30. The second kappa shape index (κ2) is 6.28. The first-order chi connectivity index (χ1) is 9.15. The first kappa shape index (κ1) is 15.5. The van der Waals surface area contributed by atoms with Crippen molar-refractivity contribution < 1.29 is 14.3 Å². The van der Waals surface area contributed by atoms with Crippen LogP contribution in [0.2, 0.25) is 0 Å². The second-order valence-electron chi connectivity index (χ2n) is 5.69. The van der Waals surface area contributed by atoms with Gasteiger partial charge in [-0.15, -0.1) is 12.4 Å². The Balaban J connectivity index is 0.00000147. The fourth-order valence-electron chi connectivity index (χ4n) is 2.89. The predicted molar refractivity (Wildman–Crippen MR) is 75.7 cm³/mol. The monoisotopic (exact) mass is 303 g/mol. The lowest BCUT2D eigenvalue weighted by atomic mass is 10.1. The van der Waals surface area contributed by atoms with E-state index in [2.05, 4.69) is 10.6 Å². The lowest BCUT2D eigenvalue weighted by Crippen LogP contribution is -2.57. The summed E-state index contributed by atoms with van der Waals surface area (Å²) in [4.78, 5) is 25.9. The van der Waals surface area contributed by atoms with E-state index in [1.807, 2.05) is 11.8 Å². The average molecular weight is 304 g/mol. The van der Waals surface area contributed by atoms with Crippen LogP contribution < -0.4 is 10.6 Å². The summed E-state index contributed by atoms with van der Waals surface area (Å²) in [7, 11) is 0.